The third-order valence-corrected chi connectivity index (χ3v) is 6.09. The molecule has 2 heterocycles. The first-order valence-corrected chi connectivity index (χ1v) is 10.3. The highest BCUT2D eigenvalue weighted by Crippen LogP contribution is 2.43. The summed E-state index contributed by atoms with van der Waals surface area (Å²) in [6.07, 6.45) is 9.10. The first-order valence-electron chi connectivity index (χ1n) is 10.3. The molecule has 2 aromatic rings. The second-order valence-electron chi connectivity index (χ2n) is 8.21. The van der Waals surface area contributed by atoms with E-state index in [4.69, 9.17) is 0 Å². The van der Waals surface area contributed by atoms with Gasteiger partial charge >= 0.3 is 0 Å². The molecule has 2 aliphatic heterocycles. The summed E-state index contributed by atoms with van der Waals surface area (Å²) >= 11 is 0. The molecule has 2 aliphatic rings. The Kier molecular flexibility index (Phi) is 4.89. The van der Waals surface area contributed by atoms with Crippen molar-refractivity contribution in [2.45, 2.75) is 39.0 Å². The van der Waals surface area contributed by atoms with Gasteiger partial charge in [0, 0.05) is 35.3 Å². The van der Waals surface area contributed by atoms with Gasteiger partial charge in [0.15, 0.2) is 5.71 Å². The number of rotatable bonds is 4. The van der Waals surface area contributed by atoms with E-state index in [0.717, 1.165) is 19.5 Å². The lowest BCUT2D eigenvalue weighted by Gasteiger charge is -2.21. The standard InChI is InChI=1S/C26H30N2/c1-5-27(4)23-17-8-6-12-20(23)13-10-14-21-15-11-19-28-24-18-9-7-16-22(24)26(2,3)25(21)28/h6-10,12-14,16-18H,4-5,11,15,19H2,1-3H3/q+2/b13-10+,21-14+. The number of allylic oxidation sites excluding steroid dienone is 3. The number of hydrogen-bond acceptors (Lipinski definition) is 0. The van der Waals surface area contributed by atoms with Crippen molar-refractivity contribution in [2.75, 3.05) is 13.1 Å². The van der Waals surface area contributed by atoms with Crippen LogP contribution in [-0.4, -0.2) is 34.7 Å². The average Bonchev–Trinajstić information content (AvgIpc) is 2.96. The molecule has 0 aromatic heterocycles. The highest BCUT2D eigenvalue weighted by molar-refractivity contribution is 6.07. The van der Waals surface area contributed by atoms with Gasteiger partial charge < -0.3 is 0 Å². The zero-order valence-corrected chi connectivity index (χ0v) is 17.3. The van der Waals surface area contributed by atoms with Gasteiger partial charge in [0.2, 0.25) is 11.4 Å². The molecule has 0 unspecified atom stereocenters. The van der Waals surface area contributed by atoms with E-state index in [9.17, 15) is 0 Å². The summed E-state index contributed by atoms with van der Waals surface area (Å²) in [7, 11) is 0. The smallest absolute Gasteiger partial charge is 0.205 e. The van der Waals surface area contributed by atoms with Gasteiger partial charge in [0.05, 0.1) is 5.41 Å². The van der Waals surface area contributed by atoms with E-state index in [-0.39, 0.29) is 5.41 Å². The third kappa shape index (κ3) is 3.07. The molecule has 0 saturated carbocycles. The molecule has 28 heavy (non-hydrogen) atoms. The summed E-state index contributed by atoms with van der Waals surface area (Å²) in [6, 6.07) is 17.3. The Morgan fingerprint density at radius 2 is 1.86 bits per heavy atom. The van der Waals surface area contributed by atoms with Crippen LogP contribution >= 0.6 is 0 Å². The monoisotopic (exact) mass is 370 g/mol. The summed E-state index contributed by atoms with van der Waals surface area (Å²) < 4.78 is 4.59. The van der Waals surface area contributed by atoms with E-state index in [1.807, 2.05) is 4.58 Å². The Bertz CT molecular complexity index is 1020. The lowest BCUT2D eigenvalue weighted by atomic mass is 9.77. The van der Waals surface area contributed by atoms with Crippen molar-refractivity contribution in [2.24, 2.45) is 0 Å². The molecule has 0 fully saturated rings. The van der Waals surface area contributed by atoms with E-state index in [0.29, 0.717) is 0 Å². The van der Waals surface area contributed by atoms with E-state index >= 15 is 0 Å². The van der Waals surface area contributed by atoms with Crippen LogP contribution in [0.2, 0.25) is 0 Å². The fourth-order valence-electron chi connectivity index (χ4n) is 4.69. The lowest BCUT2D eigenvalue weighted by Crippen LogP contribution is -2.33. The Hall–Kier alpha value is -2.74. The van der Waals surface area contributed by atoms with E-state index in [1.54, 1.807) is 0 Å². The second-order valence-corrected chi connectivity index (χ2v) is 8.21. The first-order chi connectivity index (χ1) is 13.5. The van der Waals surface area contributed by atoms with E-state index in [1.165, 1.54) is 40.2 Å². The maximum absolute atomic E-state index is 4.14. The van der Waals surface area contributed by atoms with Crippen LogP contribution in [-0.2, 0) is 5.41 Å². The Morgan fingerprint density at radius 3 is 2.68 bits per heavy atom. The van der Waals surface area contributed by atoms with Gasteiger partial charge in [-0.15, -0.1) is 0 Å². The molecular weight excluding hydrogens is 340 g/mol. The molecule has 0 aliphatic carbocycles. The van der Waals surface area contributed by atoms with Gasteiger partial charge in [-0.1, -0.05) is 42.5 Å². The van der Waals surface area contributed by atoms with Crippen molar-refractivity contribution >= 4 is 29.9 Å². The van der Waals surface area contributed by atoms with Crippen LogP contribution in [0.4, 0.5) is 11.4 Å². The molecule has 4 rings (SSSR count). The summed E-state index contributed by atoms with van der Waals surface area (Å²) in [5.74, 6) is 0. The van der Waals surface area contributed by atoms with Crippen LogP contribution in [0.25, 0.3) is 6.08 Å². The Labute approximate surface area is 168 Å². The average molecular weight is 371 g/mol. The third-order valence-electron chi connectivity index (χ3n) is 6.09. The zero-order valence-electron chi connectivity index (χ0n) is 17.3. The maximum Gasteiger partial charge on any atom is 0.211 e. The van der Waals surface area contributed by atoms with Crippen molar-refractivity contribution in [3.63, 3.8) is 0 Å². The van der Waals surface area contributed by atoms with Gasteiger partial charge in [-0.3, -0.25) is 0 Å². The second kappa shape index (κ2) is 7.35. The predicted octanol–water partition coefficient (Wildman–Crippen LogP) is 5.86. The normalized spacial score (nSPS) is 19.2. The molecule has 0 amide bonds. The Balaban J connectivity index is 1.70. The van der Waals surface area contributed by atoms with Gasteiger partial charge in [-0.25, -0.2) is 4.58 Å². The number of benzene rings is 2. The molecular formula is C26H30N2+2. The maximum atomic E-state index is 4.14. The lowest BCUT2D eigenvalue weighted by molar-refractivity contribution is -0.441. The highest BCUT2D eigenvalue weighted by atomic mass is 15.1. The van der Waals surface area contributed by atoms with Crippen LogP contribution in [0.5, 0.6) is 0 Å². The molecule has 142 valence electrons. The largest absolute Gasteiger partial charge is 0.211 e. The molecule has 0 saturated heterocycles. The van der Waals surface area contributed by atoms with Crippen molar-refractivity contribution in [1.82, 2.24) is 0 Å². The topological polar surface area (TPSA) is 6.02 Å². The van der Waals surface area contributed by atoms with E-state index in [2.05, 4.69) is 98.8 Å². The van der Waals surface area contributed by atoms with E-state index < -0.39 is 0 Å². The van der Waals surface area contributed by atoms with Crippen LogP contribution < -0.4 is 0 Å². The summed E-state index contributed by atoms with van der Waals surface area (Å²) in [5, 5.41) is 0. The van der Waals surface area contributed by atoms with Crippen molar-refractivity contribution in [3.8, 4) is 0 Å². The van der Waals surface area contributed by atoms with Crippen LogP contribution in [0.15, 0.2) is 66.3 Å². The summed E-state index contributed by atoms with van der Waals surface area (Å²) in [6.45, 7) is 13.0. The summed E-state index contributed by atoms with van der Waals surface area (Å²) in [5.41, 5.74) is 8.21. The Morgan fingerprint density at radius 1 is 1.11 bits per heavy atom. The highest BCUT2D eigenvalue weighted by Gasteiger charge is 2.47. The van der Waals surface area contributed by atoms with Crippen molar-refractivity contribution in [1.29, 1.82) is 0 Å². The molecule has 0 bridgehead atoms. The zero-order chi connectivity index (χ0) is 19.7. The van der Waals surface area contributed by atoms with Gasteiger partial charge in [0.1, 0.15) is 19.8 Å². The number of para-hydroxylation sites is 2. The summed E-state index contributed by atoms with van der Waals surface area (Å²) in [4.78, 5) is 0. The molecule has 2 aromatic carbocycles. The fraction of sp³-hybridized carbons (Fsp3) is 0.308. The molecule has 0 radical (unpaired) electrons. The minimum absolute atomic E-state index is 0.0565. The molecule has 0 N–H and O–H groups in total. The molecule has 2 heteroatoms. The number of fused-ring (bicyclic) bond motifs is 2. The minimum atomic E-state index is 0.0565. The van der Waals surface area contributed by atoms with Crippen molar-refractivity contribution in [3.05, 3.63) is 77.4 Å². The molecule has 0 atom stereocenters. The predicted molar refractivity (Wildman–Crippen MR) is 120 cm³/mol. The molecule has 0 spiro atoms. The first kappa shape index (κ1) is 18.6. The SMILES string of the molecule is C=[N+](CC)c1ccccc1/C=C/C=C1\CCC[N+]2=C1C(C)(C)c1ccccc12. The van der Waals surface area contributed by atoms with Gasteiger partial charge in [-0.2, -0.15) is 4.58 Å². The molecule has 2 nitrogen and oxygen atoms in total. The van der Waals surface area contributed by atoms with Crippen LogP contribution in [0.1, 0.15) is 44.7 Å². The van der Waals surface area contributed by atoms with Crippen LogP contribution in [0.3, 0.4) is 0 Å². The number of hydrogen-bond donors (Lipinski definition) is 0. The van der Waals surface area contributed by atoms with Crippen LogP contribution in [0, 0.1) is 0 Å². The fourth-order valence-corrected chi connectivity index (χ4v) is 4.69. The van der Waals surface area contributed by atoms with Crippen molar-refractivity contribution < 1.29 is 9.15 Å². The van der Waals surface area contributed by atoms with Gasteiger partial charge in [-0.05, 0) is 39.3 Å². The minimum Gasteiger partial charge on any atom is -0.205 e. The quantitative estimate of drug-likeness (QED) is 0.470. The van der Waals surface area contributed by atoms with Gasteiger partial charge in [0.25, 0.3) is 0 Å². The number of nitrogens with zero attached hydrogens (tertiary/aromatic N) is 2.